The Morgan fingerprint density at radius 3 is 2.24 bits per heavy atom. The van der Waals surface area contributed by atoms with Crippen LogP contribution in [-0.2, 0) is 19.5 Å². The quantitative estimate of drug-likeness (QED) is 0.381. The summed E-state index contributed by atoms with van der Waals surface area (Å²) in [7, 11) is -0.779. The van der Waals surface area contributed by atoms with Crippen LogP contribution in [0.4, 0.5) is 13.9 Å². The standard InChI is InChI=1S/C24H28F2N4O5S2/c1-34-13-11-30(12-14-35-2)37(32,33)19-5-3-17(4-6-19)23(31)28-7-9-29(10-8-28)24-27-22-20(26)15-18(25)16-21(22)36-24/h3-6,15-16H,7-14H2,1-2H3. The molecule has 0 bridgehead atoms. The van der Waals surface area contributed by atoms with E-state index in [9.17, 15) is 22.0 Å². The van der Waals surface area contributed by atoms with Crippen LogP contribution in [0.1, 0.15) is 10.4 Å². The first-order chi connectivity index (χ1) is 17.7. The van der Waals surface area contributed by atoms with Crippen LogP contribution in [0, 0.1) is 11.6 Å². The summed E-state index contributed by atoms with van der Waals surface area (Å²) in [4.78, 5) is 21.1. The zero-order chi connectivity index (χ0) is 26.6. The van der Waals surface area contributed by atoms with Crippen LogP contribution in [0.2, 0.25) is 0 Å². The molecule has 0 unspecified atom stereocenters. The molecule has 0 N–H and O–H groups in total. The van der Waals surface area contributed by atoms with Crippen LogP contribution in [0.25, 0.3) is 10.2 Å². The molecule has 1 aliphatic rings. The summed E-state index contributed by atoms with van der Waals surface area (Å²) in [6, 6.07) is 7.96. The maximum atomic E-state index is 14.0. The molecule has 1 aliphatic heterocycles. The number of thiazole rings is 1. The SMILES string of the molecule is COCCN(CCOC)S(=O)(=O)c1ccc(C(=O)N2CCN(c3nc4c(F)cc(F)cc4s3)CC2)cc1. The Morgan fingerprint density at radius 2 is 1.65 bits per heavy atom. The van der Waals surface area contributed by atoms with E-state index in [1.165, 1.54) is 60.2 Å². The molecule has 0 spiro atoms. The summed E-state index contributed by atoms with van der Waals surface area (Å²) in [5.41, 5.74) is 0.517. The van der Waals surface area contributed by atoms with Crippen molar-refractivity contribution in [2.75, 3.05) is 71.6 Å². The van der Waals surface area contributed by atoms with Gasteiger partial charge in [0.2, 0.25) is 10.0 Å². The van der Waals surface area contributed by atoms with Gasteiger partial charge >= 0.3 is 0 Å². The molecular formula is C24H28F2N4O5S2. The molecule has 1 aromatic heterocycles. The smallest absolute Gasteiger partial charge is 0.253 e. The average Bonchev–Trinajstić information content (AvgIpc) is 3.33. The summed E-state index contributed by atoms with van der Waals surface area (Å²) in [5, 5.41) is 0.577. The van der Waals surface area contributed by atoms with E-state index in [1.54, 1.807) is 4.90 Å². The van der Waals surface area contributed by atoms with Gasteiger partial charge < -0.3 is 19.3 Å². The first kappa shape index (κ1) is 27.3. The van der Waals surface area contributed by atoms with Crippen molar-refractivity contribution in [3.63, 3.8) is 0 Å². The third-order valence-corrected chi connectivity index (χ3v) is 9.04. The highest BCUT2D eigenvalue weighted by molar-refractivity contribution is 7.89. The van der Waals surface area contributed by atoms with E-state index in [0.29, 0.717) is 41.6 Å². The van der Waals surface area contributed by atoms with Crippen LogP contribution in [0.15, 0.2) is 41.3 Å². The molecule has 2 heterocycles. The van der Waals surface area contributed by atoms with E-state index in [1.807, 2.05) is 4.90 Å². The highest BCUT2D eigenvalue weighted by Gasteiger charge is 2.27. The summed E-state index contributed by atoms with van der Waals surface area (Å²) < 4.78 is 65.4. The van der Waals surface area contributed by atoms with Crippen molar-refractivity contribution in [3.8, 4) is 0 Å². The van der Waals surface area contributed by atoms with Crippen molar-refractivity contribution in [2.24, 2.45) is 0 Å². The maximum absolute atomic E-state index is 14.0. The molecule has 0 aliphatic carbocycles. The molecule has 0 radical (unpaired) electrons. The summed E-state index contributed by atoms with van der Waals surface area (Å²) in [6.07, 6.45) is 0. The number of piperazine rings is 1. The van der Waals surface area contributed by atoms with E-state index >= 15 is 0 Å². The second kappa shape index (κ2) is 11.8. The van der Waals surface area contributed by atoms with E-state index in [-0.39, 0.29) is 42.6 Å². The number of ether oxygens (including phenoxy) is 2. The Balaban J connectivity index is 1.40. The number of benzene rings is 2. The van der Waals surface area contributed by atoms with Crippen molar-refractivity contribution in [2.45, 2.75) is 4.90 Å². The normalized spacial score (nSPS) is 14.6. The van der Waals surface area contributed by atoms with E-state index in [2.05, 4.69) is 4.98 Å². The zero-order valence-corrected chi connectivity index (χ0v) is 22.2. The first-order valence-electron chi connectivity index (χ1n) is 11.6. The van der Waals surface area contributed by atoms with Crippen LogP contribution < -0.4 is 4.90 Å². The maximum Gasteiger partial charge on any atom is 0.253 e. The predicted molar refractivity (Wildman–Crippen MR) is 137 cm³/mol. The van der Waals surface area contributed by atoms with Crippen molar-refractivity contribution in [3.05, 3.63) is 53.6 Å². The Labute approximate surface area is 218 Å². The lowest BCUT2D eigenvalue weighted by Crippen LogP contribution is -2.48. The number of anilines is 1. The highest BCUT2D eigenvalue weighted by atomic mass is 32.2. The van der Waals surface area contributed by atoms with Gasteiger partial charge in [0.15, 0.2) is 10.9 Å². The number of sulfonamides is 1. The Morgan fingerprint density at radius 1 is 1.03 bits per heavy atom. The van der Waals surface area contributed by atoms with E-state index in [0.717, 1.165) is 6.07 Å². The number of halogens is 2. The fraction of sp³-hybridized carbons (Fsp3) is 0.417. The summed E-state index contributed by atoms with van der Waals surface area (Å²) >= 11 is 1.21. The van der Waals surface area contributed by atoms with Gasteiger partial charge in [-0.1, -0.05) is 11.3 Å². The molecule has 37 heavy (non-hydrogen) atoms. The number of rotatable bonds is 10. The molecular weight excluding hydrogens is 526 g/mol. The number of amides is 1. The zero-order valence-electron chi connectivity index (χ0n) is 20.5. The molecule has 3 aromatic rings. The van der Waals surface area contributed by atoms with Crippen LogP contribution in [-0.4, -0.2) is 95.2 Å². The van der Waals surface area contributed by atoms with Gasteiger partial charge in [-0.2, -0.15) is 4.31 Å². The highest BCUT2D eigenvalue weighted by Crippen LogP contribution is 2.31. The average molecular weight is 555 g/mol. The molecule has 13 heteroatoms. The van der Waals surface area contributed by atoms with Crippen molar-refractivity contribution < 1.29 is 31.5 Å². The summed E-state index contributed by atoms with van der Waals surface area (Å²) in [5.74, 6) is -1.55. The number of aromatic nitrogens is 1. The van der Waals surface area contributed by atoms with Crippen molar-refractivity contribution in [1.82, 2.24) is 14.2 Å². The topological polar surface area (TPSA) is 92.3 Å². The molecule has 0 saturated carbocycles. The molecule has 200 valence electrons. The number of carbonyl (C=O) groups excluding carboxylic acids is 1. The molecule has 0 atom stereocenters. The molecule has 4 rings (SSSR count). The molecule has 1 amide bonds. The minimum absolute atomic E-state index is 0.0839. The lowest BCUT2D eigenvalue weighted by Gasteiger charge is -2.34. The second-order valence-electron chi connectivity index (χ2n) is 8.42. The largest absolute Gasteiger partial charge is 0.383 e. The second-order valence-corrected chi connectivity index (χ2v) is 11.4. The van der Waals surface area contributed by atoms with Crippen LogP contribution in [0.5, 0.6) is 0 Å². The fourth-order valence-corrected chi connectivity index (χ4v) is 6.49. The molecule has 2 aromatic carbocycles. The predicted octanol–water partition coefficient (Wildman–Crippen LogP) is 2.82. The van der Waals surface area contributed by atoms with Gasteiger partial charge in [0.05, 0.1) is 22.8 Å². The lowest BCUT2D eigenvalue weighted by atomic mass is 10.2. The minimum atomic E-state index is -3.78. The minimum Gasteiger partial charge on any atom is -0.383 e. The monoisotopic (exact) mass is 554 g/mol. The van der Waals surface area contributed by atoms with E-state index < -0.39 is 21.7 Å². The first-order valence-corrected chi connectivity index (χ1v) is 13.9. The molecule has 9 nitrogen and oxygen atoms in total. The Hall–Kier alpha value is -2.71. The molecule has 1 fully saturated rings. The van der Waals surface area contributed by atoms with Gasteiger partial charge in [0.25, 0.3) is 5.91 Å². The van der Waals surface area contributed by atoms with E-state index in [4.69, 9.17) is 9.47 Å². The lowest BCUT2D eigenvalue weighted by molar-refractivity contribution is 0.0746. The Bertz CT molecular complexity index is 1340. The third kappa shape index (κ3) is 6.07. The van der Waals surface area contributed by atoms with Crippen LogP contribution >= 0.6 is 11.3 Å². The van der Waals surface area contributed by atoms with Crippen molar-refractivity contribution in [1.29, 1.82) is 0 Å². The molecule has 1 saturated heterocycles. The number of hydrogen-bond acceptors (Lipinski definition) is 8. The number of nitrogens with zero attached hydrogens (tertiary/aromatic N) is 4. The number of carbonyl (C=O) groups is 1. The van der Waals surface area contributed by atoms with Crippen LogP contribution in [0.3, 0.4) is 0 Å². The fourth-order valence-electron chi connectivity index (χ4n) is 4.02. The van der Waals surface area contributed by atoms with Gasteiger partial charge in [0.1, 0.15) is 11.3 Å². The van der Waals surface area contributed by atoms with Crippen molar-refractivity contribution >= 4 is 42.6 Å². The third-order valence-electron chi connectivity index (χ3n) is 6.07. The number of hydrogen-bond donors (Lipinski definition) is 0. The number of methoxy groups -OCH3 is 2. The Kier molecular flexibility index (Phi) is 8.70. The van der Waals surface area contributed by atoms with Gasteiger partial charge in [-0.25, -0.2) is 22.2 Å². The van der Waals surface area contributed by atoms with Gasteiger partial charge in [-0.15, -0.1) is 0 Å². The number of fused-ring (bicyclic) bond motifs is 1. The summed E-state index contributed by atoms with van der Waals surface area (Å²) in [6.45, 7) is 2.64. The van der Waals surface area contributed by atoms with Gasteiger partial charge in [-0.3, -0.25) is 4.79 Å². The van der Waals surface area contributed by atoms with Gasteiger partial charge in [0, 0.05) is 65.1 Å². The van der Waals surface area contributed by atoms with Gasteiger partial charge in [-0.05, 0) is 30.3 Å².